The number of ether oxygens (including phenoxy) is 2. The van der Waals surface area contributed by atoms with Gasteiger partial charge in [-0.25, -0.2) is 4.98 Å². The predicted molar refractivity (Wildman–Crippen MR) is 121 cm³/mol. The van der Waals surface area contributed by atoms with E-state index in [4.69, 9.17) is 9.47 Å². The molecule has 0 radical (unpaired) electrons. The fraction of sp³-hybridized carbons (Fsp3) is 0.348. The van der Waals surface area contributed by atoms with Gasteiger partial charge in [0.2, 0.25) is 5.95 Å². The highest BCUT2D eigenvalue weighted by Gasteiger charge is 2.23. The largest absolute Gasteiger partial charge is 0.493 e. The highest BCUT2D eigenvalue weighted by Crippen LogP contribution is 2.29. The maximum atomic E-state index is 13.2. The zero-order chi connectivity index (χ0) is 22.5. The molecule has 1 aliphatic heterocycles. The first-order valence-corrected chi connectivity index (χ1v) is 10.6. The third-order valence-electron chi connectivity index (χ3n) is 5.51. The molecule has 2 aromatic carbocycles. The summed E-state index contributed by atoms with van der Waals surface area (Å²) in [5.41, 5.74) is 2.46. The summed E-state index contributed by atoms with van der Waals surface area (Å²) >= 11 is 0. The Kier molecular flexibility index (Phi) is 6.44. The Bertz CT molecular complexity index is 1080. The third kappa shape index (κ3) is 4.61. The van der Waals surface area contributed by atoms with E-state index in [0.29, 0.717) is 36.7 Å². The standard InChI is InChI=1S/C23H27N5O4/c1-24-21(29)15-32-19-9-8-16(14-20(19)31-2)22(30)27-10-5-11-28(13-12-27)23-25-17-6-3-4-7-18(17)26-23/h3-4,6-9,14H,5,10-13,15H2,1-2H3,(H,24,29)(H,25,26). The number of carbonyl (C=O) groups excluding carboxylic acids is 2. The van der Waals surface area contributed by atoms with E-state index >= 15 is 0 Å². The molecule has 1 fully saturated rings. The van der Waals surface area contributed by atoms with Crippen LogP contribution in [0.5, 0.6) is 11.5 Å². The number of imidazole rings is 1. The van der Waals surface area contributed by atoms with Crippen molar-refractivity contribution in [2.75, 3.05) is 51.8 Å². The quantitative estimate of drug-likeness (QED) is 0.612. The molecule has 9 heteroatoms. The average Bonchev–Trinajstić information content (AvgIpc) is 3.11. The van der Waals surface area contributed by atoms with Gasteiger partial charge >= 0.3 is 0 Å². The molecule has 0 bridgehead atoms. The van der Waals surface area contributed by atoms with Crippen LogP contribution in [0, 0.1) is 0 Å². The fourth-order valence-electron chi connectivity index (χ4n) is 3.74. The van der Waals surface area contributed by atoms with Crippen molar-refractivity contribution in [1.82, 2.24) is 20.2 Å². The van der Waals surface area contributed by atoms with Crippen molar-refractivity contribution in [1.29, 1.82) is 0 Å². The number of nitrogens with zero attached hydrogens (tertiary/aromatic N) is 3. The van der Waals surface area contributed by atoms with Gasteiger partial charge in [-0.1, -0.05) is 12.1 Å². The van der Waals surface area contributed by atoms with E-state index in [9.17, 15) is 9.59 Å². The summed E-state index contributed by atoms with van der Waals surface area (Å²) in [7, 11) is 3.05. The normalized spacial score (nSPS) is 14.2. The molecule has 1 aliphatic rings. The van der Waals surface area contributed by atoms with Crippen molar-refractivity contribution in [3.05, 3.63) is 48.0 Å². The molecule has 3 aromatic rings. The maximum Gasteiger partial charge on any atom is 0.257 e. The maximum absolute atomic E-state index is 13.2. The van der Waals surface area contributed by atoms with E-state index in [1.165, 1.54) is 7.11 Å². The molecule has 0 saturated carbocycles. The summed E-state index contributed by atoms with van der Waals surface area (Å²) in [4.78, 5) is 36.7. The van der Waals surface area contributed by atoms with Gasteiger partial charge in [-0.2, -0.15) is 0 Å². The molecule has 9 nitrogen and oxygen atoms in total. The minimum absolute atomic E-state index is 0.0624. The number of anilines is 1. The number of nitrogens with one attached hydrogen (secondary N) is 2. The Morgan fingerprint density at radius 2 is 1.94 bits per heavy atom. The van der Waals surface area contributed by atoms with Crippen LogP contribution in [-0.4, -0.2) is 73.6 Å². The highest BCUT2D eigenvalue weighted by atomic mass is 16.5. The fourth-order valence-corrected chi connectivity index (χ4v) is 3.74. The molecule has 4 rings (SSSR count). The van der Waals surface area contributed by atoms with Crippen molar-refractivity contribution in [2.24, 2.45) is 0 Å². The highest BCUT2D eigenvalue weighted by molar-refractivity contribution is 5.95. The Hall–Kier alpha value is -3.75. The van der Waals surface area contributed by atoms with Crippen molar-refractivity contribution >= 4 is 28.8 Å². The third-order valence-corrected chi connectivity index (χ3v) is 5.51. The average molecular weight is 438 g/mol. The lowest BCUT2D eigenvalue weighted by Crippen LogP contribution is -2.35. The number of hydrogen-bond donors (Lipinski definition) is 2. The van der Waals surface area contributed by atoms with Crippen LogP contribution in [0.15, 0.2) is 42.5 Å². The first-order valence-electron chi connectivity index (χ1n) is 10.6. The minimum Gasteiger partial charge on any atom is -0.493 e. The molecule has 2 N–H and O–H groups in total. The molecular weight excluding hydrogens is 410 g/mol. The molecule has 32 heavy (non-hydrogen) atoms. The molecule has 1 aromatic heterocycles. The summed E-state index contributed by atoms with van der Waals surface area (Å²) in [6.45, 7) is 2.64. The van der Waals surface area contributed by atoms with Gasteiger partial charge in [-0.15, -0.1) is 0 Å². The zero-order valence-electron chi connectivity index (χ0n) is 18.3. The monoisotopic (exact) mass is 437 g/mol. The lowest BCUT2D eigenvalue weighted by Gasteiger charge is -2.22. The number of H-pyrrole nitrogens is 1. The van der Waals surface area contributed by atoms with Crippen LogP contribution in [0.3, 0.4) is 0 Å². The van der Waals surface area contributed by atoms with Gasteiger partial charge < -0.3 is 29.6 Å². The second-order valence-corrected chi connectivity index (χ2v) is 7.54. The number of methoxy groups -OCH3 is 1. The van der Waals surface area contributed by atoms with E-state index < -0.39 is 0 Å². The smallest absolute Gasteiger partial charge is 0.257 e. The first kappa shape index (κ1) is 21.5. The molecule has 0 unspecified atom stereocenters. The van der Waals surface area contributed by atoms with Crippen LogP contribution in [-0.2, 0) is 4.79 Å². The Morgan fingerprint density at radius 3 is 2.72 bits per heavy atom. The first-order chi connectivity index (χ1) is 15.6. The van der Waals surface area contributed by atoms with Gasteiger partial charge in [0, 0.05) is 38.8 Å². The number of amides is 2. The van der Waals surface area contributed by atoms with Crippen LogP contribution >= 0.6 is 0 Å². The summed E-state index contributed by atoms with van der Waals surface area (Å²) < 4.78 is 10.9. The molecule has 0 aliphatic carbocycles. The molecule has 168 valence electrons. The number of para-hydroxylation sites is 2. The van der Waals surface area contributed by atoms with Crippen molar-refractivity contribution in [3.63, 3.8) is 0 Å². The van der Waals surface area contributed by atoms with Crippen LogP contribution in [0.2, 0.25) is 0 Å². The van der Waals surface area contributed by atoms with E-state index in [1.807, 2.05) is 29.2 Å². The Morgan fingerprint density at radius 1 is 1.09 bits per heavy atom. The number of aromatic nitrogens is 2. The SMILES string of the molecule is CNC(=O)COc1ccc(C(=O)N2CCCN(c3nc4ccccc4[nH]3)CC2)cc1OC. The molecule has 2 amide bonds. The van der Waals surface area contributed by atoms with Gasteiger partial charge in [-0.05, 0) is 36.8 Å². The summed E-state index contributed by atoms with van der Waals surface area (Å²) in [5, 5.41) is 2.50. The number of rotatable bonds is 6. The Labute approximate surface area is 186 Å². The number of aromatic amines is 1. The molecular formula is C23H27N5O4. The number of fused-ring (bicyclic) bond motifs is 1. The topological polar surface area (TPSA) is 99.8 Å². The van der Waals surface area contributed by atoms with Crippen LogP contribution < -0.4 is 19.7 Å². The number of carbonyl (C=O) groups is 2. The van der Waals surface area contributed by atoms with Crippen LogP contribution in [0.25, 0.3) is 11.0 Å². The molecule has 2 heterocycles. The van der Waals surface area contributed by atoms with Gasteiger partial charge in [0.1, 0.15) is 0 Å². The number of benzene rings is 2. The molecule has 0 spiro atoms. The van der Waals surface area contributed by atoms with Gasteiger partial charge in [0.25, 0.3) is 11.8 Å². The van der Waals surface area contributed by atoms with E-state index in [2.05, 4.69) is 20.2 Å². The summed E-state index contributed by atoms with van der Waals surface area (Å²) in [6.07, 6.45) is 0.841. The van der Waals surface area contributed by atoms with Gasteiger partial charge in [0.15, 0.2) is 18.1 Å². The van der Waals surface area contributed by atoms with E-state index in [1.54, 1.807) is 25.2 Å². The second-order valence-electron chi connectivity index (χ2n) is 7.54. The lowest BCUT2D eigenvalue weighted by molar-refractivity contribution is -0.122. The Balaban J connectivity index is 1.43. The van der Waals surface area contributed by atoms with Crippen molar-refractivity contribution in [3.8, 4) is 11.5 Å². The van der Waals surface area contributed by atoms with E-state index in [0.717, 1.165) is 29.9 Å². The summed E-state index contributed by atoms with van der Waals surface area (Å²) in [6, 6.07) is 13.0. The minimum atomic E-state index is -0.245. The van der Waals surface area contributed by atoms with Crippen molar-refractivity contribution < 1.29 is 19.1 Å². The predicted octanol–water partition coefficient (Wildman–Crippen LogP) is 2.05. The zero-order valence-corrected chi connectivity index (χ0v) is 18.3. The van der Waals surface area contributed by atoms with Crippen LogP contribution in [0.4, 0.5) is 5.95 Å². The van der Waals surface area contributed by atoms with Gasteiger partial charge in [0.05, 0.1) is 18.1 Å². The van der Waals surface area contributed by atoms with Gasteiger partial charge in [-0.3, -0.25) is 9.59 Å². The second kappa shape index (κ2) is 9.59. The van der Waals surface area contributed by atoms with E-state index in [-0.39, 0.29) is 18.4 Å². The van der Waals surface area contributed by atoms with Crippen molar-refractivity contribution in [2.45, 2.75) is 6.42 Å². The number of likely N-dealkylation sites (N-methyl/N-ethyl adjacent to an activating group) is 1. The lowest BCUT2D eigenvalue weighted by atomic mass is 10.1. The molecule has 1 saturated heterocycles. The van der Waals surface area contributed by atoms with Crippen LogP contribution in [0.1, 0.15) is 16.8 Å². The molecule has 0 atom stereocenters. The summed E-state index contributed by atoms with van der Waals surface area (Å²) in [5.74, 6) is 1.36. The number of hydrogen-bond acceptors (Lipinski definition) is 6.